The van der Waals surface area contributed by atoms with Gasteiger partial charge in [0.15, 0.2) is 0 Å². The van der Waals surface area contributed by atoms with Crippen LogP contribution in [-0.2, 0) is 9.59 Å². The molecular formula is C5H7NO4. The van der Waals surface area contributed by atoms with Crippen molar-refractivity contribution in [3.05, 3.63) is 12.2 Å². The molecular weight excluding hydrogens is 138 g/mol. The number of hydrogen-bond acceptors (Lipinski definition) is 3. The fourth-order valence-electron chi connectivity index (χ4n) is 0.282. The Bertz CT molecular complexity index is 186. The molecule has 0 aromatic heterocycles. The van der Waals surface area contributed by atoms with E-state index in [2.05, 4.69) is 6.58 Å². The van der Waals surface area contributed by atoms with E-state index in [4.69, 9.17) is 15.9 Å². The van der Waals surface area contributed by atoms with E-state index in [0.29, 0.717) is 0 Å². The van der Waals surface area contributed by atoms with Crippen molar-refractivity contribution in [2.24, 2.45) is 5.73 Å². The molecule has 0 aromatic carbocycles. The minimum Gasteiger partial charge on any atom is -0.480 e. The van der Waals surface area contributed by atoms with Crippen LogP contribution in [0.4, 0.5) is 0 Å². The third kappa shape index (κ3) is 1.87. The highest BCUT2D eigenvalue weighted by atomic mass is 16.4. The van der Waals surface area contributed by atoms with E-state index in [0.717, 1.165) is 0 Å². The van der Waals surface area contributed by atoms with Crippen LogP contribution in [0, 0.1) is 0 Å². The lowest BCUT2D eigenvalue weighted by Crippen LogP contribution is -2.34. The number of carbonyl (C=O) groups is 2. The first-order valence-corrected chi connectivity index (χ1v) is 2.37. The molecule has 5 heteroatoms. The minimum atomic E-state index is -1.52. The van der Waals surface area contributed by atoms with Gasteiger partial charge in [0.2, 0.25) is 0 Å². The maximum atomic E-state index is 10.0. The van der Waals surface area contributed by atoms with Crippen molar-refractivity contribution in [3.8, 4) is 0 Å². The van der Waals surface area contributed by atoms with Crippen LogP contribution < -0.4 is 5.73 Å². The van der Waals surface area contributed by atoms with Gasteiger partial charge in [0.25, 0.3) is 0 Å². The number of nitrogens with two attached hydrogens (primary N) is 1. The van der Waals surface area contributed by atoms with Crippen molar-refractivity contribution >= 4 is 11.9 Å². The minimum absolute atomic E-state index is 0.521. The van der Waals surface area contributed by atoms with Gasteiger partial charge in [-0.2, -0.15) is 0 Å². The van der Waals surface area contributed by atoms with Gasteiger partial charge in [0.1, 0.15) is 6.04 Å². The Kier molecular flexibility index (Phi) is 2.57. The van der Waals surface area contributed by atoms with Crippen molar-refractivity contribution in [1.29, 1.82) is 0 Å². The number of aliphatic carboxylic acids is 2. The molecule has 0 bridgehead atoms. The van der Waals surface area contributed by atoms with Gasteiger partial charge in [-0.05, 0) is 0 Å². The van der Waals surface area contributed by atoms with E-state index in [9.17, 15) is 9.59 Å². The first-order valence-electron chi connectivity index (χ1n) is 2.37. The van der Waals surface area contributed by atoms with Crippen LogP contribution in [0.1, 0.15) is 0 Å². The van der Waals surface area contributed by atoms with Gasteiger partial charge in [-0.15, -0.1) is 0 Å². The molecule has 0 radical (unpaired) electrons. The molecule has 0 saturated heterocycles. The summed E-state index contributed by atoms with van der Waals surface area (Å²) in [6.45, 7) is 2.97. The number of carboxylic acids is 2. The molecule has 0 heterocycles. The summed E-state index contributed by atoms with van der Waals surface area (Å²) in [7, 11) is 0. The zero-order valence-corrected chi connectivity index (χ0v) is 5.07. The lowest BCUT2D eigenvalue weighted by molar-refractivity contribution is -0.140. The molecule has 0 aliphatic rings. The van der Waals surface area contributed by atoms with E-state index in [1.165, 1.54) is 0 Å². The van der Waals surface area contributed by atoms with Crippen LogP contribution >= 0.6 is 0 Å². The fraction of sp³-hybridized carbons (Fsp3) is 0.200. The molecule has 0 amide bonds. The molecule has 0 unspecified atom stereocenters. The Balaban J connectivity index is 4.22. The standard InChI is InChI=1S/C5H7NO4/c1-2(4(7)8)3(6)5(9)10/h3H,1,6H2,(H,7,8)(H,9,10)/t3-/m0/s1. The lowest BCUT2D eigenvalue weighted by atomic mass is 10.1. The molecule has 0 rings (SSSR count). The summed E-state index contributed by atoms with van der Waals surface area (Å²) in [5.41, 5.74) is 4.36. The summed E-state index contributed by atoms with van der Waals surface area (Å²) in [6, 6.07) is -1.52. The van der Waals surface area contributed by atoms with Crippen molar-refractivity contribution in [2.45, 2.75) is 6.04 Å². The first-order chi connectivity index (χ1) is 4.46. The summed E-state index contributed by atoms with van der Waals surface area (Å²) < 4.78 is 0. The molecule has 10 heavy (non-hydrogen) atoms. The quantitative estimate of drug-likeness (QED) is 0.444. The molecule has 5 nitrogen and oxygen atoms in total. The van der Waals surface area contributed by atoms with Crippen LogP contribution in [0.5, 0.6) is 0 Å². The van der Waals surface area contributed by atoms with Crippen molar-refractivity contribution in [2.75, 3.05) is 0 Å². The monoisotopic (exact) mass is 145 g/mol. The summed E-state index contributed by atoms with van der Waals surface area (Å²) in [5.74, 6) is -2.79. The number of carboxylic acid groups (broad SMARTS) is 2. The van der Waals surface area contributed by atoms with Crippen LogP contribution in [0.25, 0.3) is 0 Å². The topological polar surface area (TPSA) is 101 Å². The molecule has 56 valence electrons. The van der Waals surface area contributed by atoms with Gasteiger partial charge in [0, 0.05) is 0 Å². The molecule has 0 aliphatic carbocycles. The highest BCUT2D eigenvalue weighted by molar-refractivity contribution is 5.95. The van der Waals surface area contributed by atoms with Gasteiger partial charge in [0.05, 0.1) is 5.57 Å². The molecule has 0 saturated carbocycles. The van der Waals surface area contributed by atoms with E-state index >= 15 is 0 Å². The third-order valence-corrected chi connectivity index (χ3v) is 0.916. The van der Waals surface area contributed by atoms with Gasteiger partial charge >= 0.3 is 11.9 Å². The predicted octanol–water partition coefficient (Wildman–Crippen LogP) is -0.961. The second-order valence-electron chi connectivity index (χ2n) is 1.65. The average molecular weight is 145 g/mol. The van der Waals surface area contributed by atoms with Crippen molar-refractivity contribution < 1.29 is 19.8 Å². The Morgan fingerprint density at radius 3 is 1.90 bits per heavy atom. The highest BCUT2D eigenvalue weighted by Gasteiger charge is 2.20. The van der Waals surface area contributed by atoms with Crippen LogP contribution in [0.2, 0.25) is 0 Å². The highest BCUT2D eigenvalue weighted by Crippen LogP contribution is 1.95. The van der Waals surface area contributed by atoms with Crippen LogP contribution in [0.3, 0.4) is 0 Å². The number of rotatable bonds is 3. The zero-order chi connectivity index (χ0) is 8.31. The summed E-state index contributed by atoms with van der Waals surface area (Å²) in [5, 5.41) is 16.3. The van der Waals surface area contributed by atoms with Gasteiger partial charge in [-0.1, -0.05) is 6.58 Å². The van der Waals surface area contributed by atoms with E-state index in [1.807, 2.05) is 0 Å². The normalized spacial score (nSPS) is 12.1. The summed E-state index contributed by atoms with van der Waals surface area (Å²) in [6.07, 6.45) is 0. The van der Waals surface area contributed by atoms with Crippen molar-refractivity contribution in [1.82, 2.24) is 0 Å². The number of hydrogen-bond donors (Lipinski definition) is 3. The molecule has 4 N–H and O–H groups in total. The Morgan fingerprint density at radius 1 is 1.40 bits per heavy atom. The van der Waals surface area contributed by atoms with Crippen LogP contribution in [0.15, 0.2) is 12.2 Å². The van der Waals surface area contributed by atoms with E-state index in [-0.39, 0.29) is 0 Å². The first kappa shape index (κ1) is 8.64. The van der Waals surface area contributed by atoms with Crippen LogP contribution in [-0.4, -0.2) is 28.2 Å². The lowest BCUT2D eigenvalue weighted by Gasteiger charge is -2.03. The third-order valence-electron chi connectivity index (χ3n) is 0.916. The van der Waals surface area contributed by atoms with Crippen molar-refractivity contribution in [3.63, 3.8) is 0 Å². The molecule has 0 spiro atoms. The Labute approximate surface area is 56.8 Å². The summed E-state index contributed by atoms with van der Waals surface area (Å²) in [4.78, 5) is 20.0. The Morgan fingerprint density at radius 2 is 1.80 bits per heavy atom. The van der Waals surface area contributed by atoms with E-state index in [1.54, 1.807) is 0 Å². The van der Waals surface area contributed by atoms with Gasteiger partial charge < -0.3 is 15.9 Å². The molecule has 0 aliphatic heterocycles. The largest absolute Gasteiger partial charge is 0.480 e. The maximum Gasteiger partial charge on any atom is 0.333 e. The summed E-state index contributed by atoms with van der Waals surface area (Å²) >= 11 is 0. The fourth-order valence-corrected chi connectivity index (χ4v) is 0.282. The molecule has 0 fully saturated rings. The zero-order valence-electron chi connectivity index (χ0n) is 5.07. The van der Waals surface area contributed by atoms with E-state index < -0.39 is 23.6 Å². The second kappa shape index (κ2) is 2.98. The molecule has 1 atom stereocenters. The van der Waals surface area contributed by atoms with Gasteiger partial charge in [-0.25, -0.2) is 4.79 Å². The smallest absolute Gasteiger partial charge is 0.333 e. The Hall–Kier alpha value is -1.36. The van der Waals surface area contributed by atoms with Gasteiger partial charge in [-0.3, -0.25) is 4.79 Å². The predicted molar refractivity (Wildman–Crippen MR) is 32.4 cm³/mol. The SMILES string of the molecule is C=C(C(=O)O)[C@H](N)C(=O)O. The maximum absolute atomic E-state index is 10.0. The second-order valence-corrected chi connectivity index (χ2v) is 1.65. The molecule has 0 aromatic rings. The average Bonchev–Trinajstić information content (AvgIpc) is 1.84.